The van der Waals surface area contributed by atoms with Crippen LogP contribution >= 0.6 is 0 Å². The minimum Gasteiger partial charge on any atom is -0.338 e. The first-order valence-corrected chi connectivity index (χ1v) is 9.80. The van der Waals surface area contributed by atoms with E-state index in [1.807, 2.05) is 31.2 Å². The molecule has 1 saturated heterocycles. The molecule has 8 heteroatoms. The van der Waals surface area contributed by atoms with Crippen molar-refractivity contribution in [2.45, 2.75) is 19.4 Å². The summed E-state index contributed by atoms with van der Waals surface area (Å²) < 4.78 is 23.2. The maximum absolute atomic E-state index is 12.5. The van der Waals surface area contributed by atoms with Crippen LogP contribution in [0.2, 0.25) is 0 Å². The molecule has 2 heterocycles. The van der Waals surface area contributed by atoms with Crippen molar-refractivity contribution in [1.82, 2.24) is 14.9 Å². The number of aryl methyl sites for hydroxylation is 1. The van der Waals surface area contributed by atoms with E-state index in [9.17, 15) is 13.2 Å². The van der Waals surface area contributed by atoms with Crippen molar-refractivity contribution < 1.29 is 13.2 Å². The highest BCUT2D eigenvalue weighted by molar-refractivity contribution is 7.91. The molecular formula is C17H20N4O3S. The highest BCUT2D eigenvalue weighted by Crippen LogP contribution is 2.19. The van der Waals surface area contributed by atoms with E-state index in [0.29, 0.717) is 17.9 Å². The molecule has 132 valence electrons. The minimum atomic E-state index is -3.04. The Labute approximate surface area is 147 Å². The van der Waals surface area contributed by atoms with Gasteiger partial charge in [0.05, 0.1) is 17.1 Å². The first-order chi connectivity index (χ1) is 11.9. The monoisotopic (exact) mass is 360 g/mol. The maximum Gasteiger partial charge on any atom is 0.257 e. The van der Waals surface area contributed by atoms with Gasteiger partial charge in [-0.05, 0) is 25.0 Å². The molecule has 0 aliphatic carbocycles. The zero-order valence-electron chi connectivity index (χ0n) is 14.1. The molecule has 0 spiro atoms. The van der Waals surface area contributed by atoms with E-state index >= 15 is 0 Å². The van der Waals surface area contributed by atoms with Crippen molar-refractivity contribution in [3.05, 3.63) is 47.8 Å². The van der Waals surface area contributed by atoms with E-state index in [4.69, 9.17) is 0 Å². The van der Waals surface area contributed by atoms with Gasteiger partial charge in [-0.3, -0.25) is 4.79 Å². The van der Waals surface area contributed by atoms with Gasteiger partial charge in [-0.2, -0.15) is 0 Å². The Morgan fingerprint density at radius 3 is 2.52 bits per heavy atom. The molecule has 1 N–H and O–H groups in total. The van der Waals surface area contributed by atoms with Gasteiger partial charge < -0.3 is 10.2 Å². The van der Waals surface area contributed by atoms with Crippen LogP contribution in [-0.4, -0.2) is 53.8 Å². The Hall–Kier alpha value is -2.48. The Morgan fingerprint density at radius 1 is 1.24 bits per heavy atom. The van der Waals surface area contributed by atoms with Crippen molar-refractivity contribution in [2.24, 2.45) is 0 Å². The second-order valence-corrected chi connectivity index (χ2v) is 8.44. The largest absolute Gasteiger partial charge is 0.338 e. The average molecular weight is 360 g/mol. The number of aromatic nitrogens is 2. The molecule has 1 aromatic heterocycles. The third kappa shape index (κ3) is 3.96. The Kier molecular flexibility index (Phi) is 4.71. The summed E-state index contributed by atoms with van der Waals surface area (Å²) in [5.74, 6) is 0.273. The summed E-state index contributed by atoms with van der Waals surface area (Å²) in [5, 5.41) is 3.11. The standard InChI is InChI=1S/C17H20N4O3S/c1-12-5-3-4-6-15(12)20-17-18-9-13(10-19-17)16(22)21(2)14-7-8-25(23,24)11-14/h3-6,9-10,14H,7-8,11H2,1-2H3,(H,18,19,20). The first kappa shape index (κ1) is 17.3. The molecule has 0 saturated carbocycles. The third-order valence-corrected chi connectivity index (χ3v) is 6.12. The van der Waals surface area contributed by atoms with E-state index < -0.39 is 9.84 Å². The molecule has 0 radical (unpaired) electrons. The number of carbonyl (C=O) groups is 1. The highest BCUT2D eigenvalue weighted by Gasteiger charge is 2.33. The number of para-hydroxylation sites is 1. The van der Waals surface area contributed by atoms with Crippen LogP contribution in [0.4, 0.5) is 11.6 Å². The van der Waals surface area contributed by atoms with Crippen LogP contribution in [0.1, 0.15) is 22.3 Å². The van der Waals surface area contributed by atoms with E-state index in [-0.39, 0.29) is 23.5 Å². The number of anilines is 2. The summed E-state index contributed by atoms with van der Waals surface area (Å²) in [4.78, 5) is 22.3. The van der Waals surface area contributed by atoms with Crippen LogP contribution in [0.5, 0.6) is 0 Å². The number of hydrogen-bond acceptors (Lipinski definition) is 6. The van der Waals surface area contributed by atoms with E-state index in [2.05, 4.69) is 15.3 Å². The molecule has 2 aromatic rings. The fraction of sp³-hybridized carbons (Fsp3) is 0.353. The SMILES string of the molecule is Cc1ccccc1Nc1ncc(C(=O)N(C)C2CCS(=O)(=O)C2)cn1. The number of benzene rings is 1. The molecule has 1 aliphatic heterocycles. The van der Waals surface area contributed by atoms with Crippen LogP contribution in [-0.2, 0) is 9.84 Å². The second kappa shape index (κ2) is 6.79. The number of sulfone groups is 1. The predicted molar refractivity (Wildman–Crippen MR) is 95.6 cm³/mol. The zero-order valence-corrected chi connectivity index (χ0v) is 15.0. The molecule has 1 atom stereocenters. The lowest BCUT2D eigenvalue weighted by molar-refractivity contribution is 0.0747. The summed E-state index contributed by atoms with van der Waals surface area (Å²) in [6, 6.07) is 7.47. The molecule has 1 unspecified atom stereocenters. The van der Waals surface area contributed by atoms with Crippen LogP contribution in [0.15, 0.2) is 36.7 Å². The average Bonchev–Trinajstić information content (AvgIpc) is 2.96. The van der Waals surface area contributed by atoms with E-state index in [1.165, 1.54) is 17.3 Å². The number of carbonyl (C=O) groups excluding carboxylic acids is 1. The lowest BCUT2D eigenvalue weighted by Crippen LogP contribution is -2.37. The van der Waals surface area contributed by atoms with Crippen LogP contribution in [0.3, 0.4) is 0 Å². The van der Waals surface area contributed by atoms with E-state index in [0.717, 1.165) is 11.3 Å². The van der Waals surface area contributed by atoms with Gasteiger partial charge >= 0.3 is 0 Å². The molecular weight excluding hydrogens is 340 g/mol. The lowest BCUT2D eigenvalue weighted by Gasteiger charge is -2.23. The van der Waals surface area contributed by atoms with Crippen LogP contribution in [0, 0.1) is 6.92 Å². The normalized spacial score (nSPS) is 18.7. The number of nitrogens with one attached hydrogen (secondary N) is 1. The van der Waals surface area contributed by atoms with Crippen molar-refractivity contribution >= 4 is 27.4 Å². The zero-order chi connectivity index (χ0) is 18.0. The van der Waals surface area contributed by atoms with Gasteiger partial charge in [-0.15, -0.1) is 0 Å². The van der Waals surface area contributed by atoms with Crippen LogP contribution < -0.4 is 5.32 Å². The third-order valence-electron chi connectivity index (χ3n) is 4.37. The van der Waals surface area contributed by atoms with E-state index in [1.54, 1.807) is 7.05 Å². The molecule has 1 aliphatic rings. The fourth-order valence-corrected chi connectivity index (χ4v) is 4.56. The highest BCUT2D eigenvalue weighted by atomic mass is 32.2. The number of amides is 1. The van der Waals surface area contributed by atoms with Gasteiger partial charge in [-0.25, -0.2) is 18.4 Å². The number of nitrogens with zero attached hydrogens (tertiary/aromatic N) is 3. The first-order valence-electron chi connectivity index (χ1n) is 7.98. The Bertz CT molecular complexity index is 881. The van der Waals surface area contributed by atoms with Gasteiger partial charge in [0.25, 0.3) is 5.91 Å². The fourth-order valence-electron chi connectivity index (χ4n) is 2.79. The minimum absolute atomic E-state index is 0.0169. The smallest absolute Gasteiger partial charge is 0.257 e. The molecule has 25 heavy (non-hydrogen) atoms. The quantitative estimate of drug-likeness (QED) is 0.894. The Balaban J connectivity index is 1.69. The maximum atomic E-state index is 12.5. The van der Waals surface area contributed by atoms with Crippen LogP contribution in [0.25, 0.3) is 0 Å². The summed E-state index contributed by atoms with van der Waals surface area (Å²) in [5.41, 5.74) is 2.30. The van der Waals surface area contributed by atoms with Gasteiger partial charge in [0.15, 0.2) is 9.84 Å². The van der Waals surface area contributed by atoms with Gasteiger partial charge in [-0.1, -0.05) is 18.2 Å². The summed E-state index contributed by atoms with van der Waals surface area (Å²) in [7, 11) is -1.42. The molecule has 1 aromatic carbocycles. The Morgan fingerprint density at radius 2 is 1.92 bits per heavy atom. The topological polar surface area (TPSA) is 92.3 Å². The molecule has 1 amide bonds. The van der Waals surface area contributed by atoms with Gasteiger partial charge in [0, 0.05) is 31.2 Å². The molecule has 3 rings (SSSR count). The molecule has 1 fully saturated rings. The van der Waals surface area contributed by atoms with Crippen molar-refractivity contribution in [3.8, 4) is 0 Å². The van der Waals surface area contributed by atoms with Gasteiger partial charge in [0.2, 0.25) is 5.95 Å². The summed E-state index contributed by atoms with van der Waals surface area (Å²) >= 11 is 0. The summed E-state index contributed by atoms with van der Waals surface area (Å²) in [6.07, 6.45) is 3.38. The second-order valence-electron chi connectivity index (χ2n) is 6.21. The van der Waals surface area contributed by atoms with Crippen molar-refractivity contribution in [3.63, 3.8) is 0 Å². The molecule has 7 nitrogen and oxygen atoms in total. The van der Waals surface area contributed by atoms with Crippen molar-refractivity contribution in [2.75, 3.05) is 23.9 Å². The number of hydrogen-bond donors (Lipinski definition) is 1. The predicted octanol–water partition coefficient (Wildman–Crippen LogP) is 1.79. The van der Waals surface area contributed by atoms with Crippen molar-refractivity contribution in [1.29, 1.82) is 0 Å². The van der Waals surface area contributed by atoms with Gasteiger partial charge in [0.1, 0.15) is 0 Å². The number of rotatable bonds is 4. The summed E-state index contributed by atoms with van der Waals surface area (Å²) in [6.45, 7) is 1.98. The lowest BCUT2D eigenvalue weighted by atomic mass is 10.2. The molecule has 0 bridgehead atoms.